The lowest BCUT2D eigenvalue weighted by atomic mass is 9.90. The van der Waals surface area contributed by atoms with Crippen LogP contribution >= 0.6 is 0 Å². The number of carbonyl (C=O) groups is 1. The molecule has 0 radical (unpaired) electrons. The van der Waals surface area contributed by atoms with Crippen LogP contribution < -0.4 is 10.1 Å². The molecule has 0 spiro atoms. The number of anilines is 1. The fourth-order valence-corrected chi connectivity index (χ4v) is 3.91. The summed E-state index contributed by atoms with van der Waals surface area (Å²) in [6, 6.07) is 7.36. The molecule has 6 nitrogen and oxygen atoms in total. The van der Waals surface area contributed by atoms with Gasteiger partial charge in [-0.1, -0.05) is 13.8 Å². The number of aromatic nitrogens is 2. The van der Waals surface area contributed by atoms with Gasteiger partial charge >= 0.3 is 0 Å². The zero-order chi connectivity index (χ0) is 20.1. The molecule has 2 aromatic rings. The number of methoxy groups -OCH3 is 1. The first-order valence-corrected chi connectivity index (χ1v) is 10.1. The second-order valence-electron chi connectivity index (χ2n) is 8.19. The molecule has 0 unspecified atom stereocenters. The van der Waals surface area contributed by atoms with E-state index >= 15 is 0 Å². The van der Waals surface area contributed by atoms with Gasteiger partial charge in [0.05, 0.1) is 18.4 Å². The van der Waals surface area contributed by atoms with Crippen LogP contribution in [0.3, 0.4) is 0 Å². The molecule has 0 atom stereocenters. The molecule has 1 N–H and O–H groups in total. The van der Waals surface area contributed by atoms with E-state index in [9.17, 15) is 4.79 Å². The minimum Gasteiger partial charge on any atom is -0.497 e. The van der Waals surface area contributed by atoms with E-state index in [0.717, 1.165) is 36.6 Å². The number of rotatable bonds is 7. The van der Waals surface area contributed by atoms with Crippen molar-refractivity contribution < 1.29 is 9.53 Å². The summed E-state index contributed by atoms with van der Waals surface area (Å²) in [6.07, 6.45) is 5.02. The lowest BCUT2D eigenvalue weighted by Crippen LogP contribution is -2.36. The maximum absolute atomic E-state index is 12.8. The van der Waals surface area contributed by atoms with Crippen LogP contribution in [0.4, 0.5) is 5.69 Å². The predicted octanol–water partition coefficient (Wildman–Crippen LogP) is 3.59. The van der Waals surface area contributed by atoms with Gasteiger partial charge in [-0.15, -0.1) is 0 Å². The molecular formula is C22H32N4O2. The van der Waals surface area contributed by atoms with Crippen LogP contribution in [0.1, 0.15) is 42.7 Å². The molecule has 0 bridgehead atoms. The molecule has 0 aliphatic carbocycles. The van der Waals surface area contributed by atoms with Crippen molar-refractivity contribution in [3.63, 3.8) is 0 Å². The SMILES string of the molecule is COc1ccc(NC(=O)c2cn(C)nc2CC2CCN(CC(C)C)CC2)cc1. The Hall–Kier alpha value is -2.34. The molecule has 1 aliphatic heterocycles. The Balaban J connectivity index is 1.61. The van der Waals surface area contributed by atoms with Gasteiger partial charge in [0.1, 0.15) is 5.75 Å². The first-order chi connectivity index (χ1) is 13.4. The first kappa shape index (κ1) is 20.4. The van der Waals surface area contributed by atoms with Crippen LogP contribution in [0.15, 0.2) is 30.5 Å². The summed E-state index contributed by atoms with van der Waals surface area (Å²) in [7, 11) is 3.50. The number of benzene rings is 1. The average molecular weight is 385 g/mol. The van der Waals surface area contributed by atoms with Crippen LogP contribution in [-0.4, -0.2) is 47.3 Å². The second-order valence-corrected chi connectivity index (χ2v) is 8.19. The monoisotopic (exact) mass is 384 g/mol. The summed E-state index contributed by atoms with van der Waals surface area (Å²) >= 11 is 0. The van der Waals surface area contributed by atoms with Gasteiger partial charge in [0.15, 0.2) is 0 Å². The third-order valence-corrected chi connectivity index (χ3v) is 5.31. The van der Waals surface area contributed by atoms with E-state index in [1.807, 2.05) is 37.5 Å². The van der Waals surface area contributed by atoms with Crippen LogP contribution in [-0.2, 0) is 13.5 Å². The number of piperidine rings is 1. The third-order valence-electron chi connectivity index (χ3n) is 5.31. The minimum absolute atomic E-state index is 0.106. The number of carbonyl (C=O) groups excluding carboxylic acids is 1. The zero-order valence-electron chi connectivity index (χ0n) is 17.4. The van der Waals surface area contributed by atoms with E-state index in [2.05, 4.69) is 29.2 Å². The van der Waals surface area contributed by atoms with E-state index in [1.54, 1.807) is 11.8 Å². The Kier molecular flexibility index (Phi) is 6.73. The standard InChI is InChI=1S/C22H32N4O2/c1-16(2)14-26-11-9-17(10-12-26)13-21-20(15-25(3)24-21)22(27)23-18-5-7-19(28-4)8-6-18/h5-8,15-17H,9-14H2,1-4H3,(H,23,27). The number of nitrogens with one attached hydrogen (secondary N) is 1. The van der Waals surface area contributed by atoms with Crippen molar-refractivity contribution in [1.82, 2.24) is 14.7 Å². The van der Waals surface area contributed by atoms with Gasteiger partial charge in [0.2, 0.25) is 0 Å². The van der Waals surface area contributed by atoms with Crippen LogP contribution in [0.2, 0.25) is 0 Å². The van der Waals surface area contributed by atoms with Crippen molar-refractivity contribution in [3.8, 4) is 5.75 Å². The Labute approximate surface area is 167 Å². The largest absolute Gasteiger partial charge is 0.497 e. The molecular weight excluding hydrogens is 352 g/mol. The van der Waals surface area contributed by atoms with E-state index in [-0.39, 0.29) is 5.91 Å². The molecule has 0 saturated carbocycles. The smallest absolute Gasteiger partial charge is 0.259 e. The molecule has 152 valence electrons. The number of likely N-dealkylation sites (tertiary alicyclic amines) is 1. The summed E-state index contributed by atoms with van der Waals surface area (Å²) in [5.74, 6) is 1.96. The predicted molar refractivity (Wildman–Crippen MR) is 112 cm³/mol. The Bertz CT molecular complexity index is 774. The van der Waals surface area contributed by atoms with Crippen molar-refractivity contribution in [2.45, 2.75) is 33.1 Å². The minimum atomic E-state index is -0.106. The number of amides is 1. The molecule has 1 aliphatic rings. The van der Waals surface area contributed by atoms with Crippen molar-refractivity contribution in [3.05, 3.63) is 41.7 Å². The number of ether oxygens (including phenoxy) is 1. The molecule has 3 rings (SSSR count). The first-order valence-electron chi connectivity index (χ1n) is 10.1. The van der Waals surface area contributed by atoms with Gasteiger partial charge in [-0.2, -0.15) is 5.10 Å². The summed E-state index contributed by atoms with van der Waals surface area (Å²) in [4.78, 5) is 15.4. The quantitative estimate of drug-likeness (QED) is 0.792. The maximum atomic E-state index is 12.8. The Morgan fingerprint density at radius 3 is 2.54 bits per heavy atom. The lowest BCUT2D eigenvalue weighted by molar-refractivity contribution is 0.102. The summed E-state index contributed by atoms with van der Waals surface area (Å²) in [6.45, 7) is 8.00. The molecule has 1 aromatic carbocycles. The fraction of sp³-hybridized carbons (Fsp3) is 0.545. The molecule has 1 aromatic heterocycles. The molecule has 28 heavy (non-hydrogen) atoms. The molecule has 6 heteroatoms. The second kappa shape index (κ2) is 9.24. The topological polar surface area (TPSA) is 59.4 Å². The highest BCUT2D eigenvalue weighted by Crippen LogP contribution is 2.24. The number of aryl methyl sites for hydroxylation is 1. The summed E-state index contributed by atoms with van der Waals surface area (Å²) in [5.41, 5.74) is 2.32. The number of hydrogen-bond donors (Lipinski definition) is 1. The van der Waals surface area contributed by atoms with Crippen molar-refractivity contribution in [1.29, 1.82) is 0 Å². The van der Waals surface area contributed by atoms with Crippen molar-refractivity contribution in [2.24, 2.45) is 18.9 Å². The van der Waals surface area contributed by atoms with Gasteiger partial charge < -0.3 is 15.0 Å². The van der Waals surface area contributed by atoms with Crippen LogP contribution in [0, 0.1) is 11.8 Å². The van der Waals surface area contributed by atoms with Gasteiger partial charge in [-0.3, -0.25) is 9.48 Å². The van der Waals surface area contributed by atoms with Gasteiger partial charge in [-0.25, -0.2) is 0 Å². The fourth-order valence-electron chi connectivity index (χ4n) is 3.91. The highest BCUT2D eigenvalue weighted by molar-refractivity contribution is 6.04. The number of nitrogens with zero attached hydrogens (tertiary/aromatic N) is 3. The molecule has 1 amide bonds. The van der Waals surface area contributed by atoms with Crippen molar-refractivity contribution >= 4 is 11.6 Å². The summed E-state index contributed by atoms with van der Waals surface area (Å²) < 4.78 is 6.91. The van der Waals surface area contributed by atoms with E-state index < -0.39 is 0 Å². The highest BCUT2D eigenvalue weighted by Gasteiger charge is 2.24. The number of hydrogen-bond acceptors (Lipinski definition) is 4. The average Bonchev–Trinajstić information content (AvgIpc) is 3.04. The van der Waals surface area contributed by atoms with Crippen LogP contribution in [0.25, 0.3) is 0 Å². The maximum Gasteiger partial charge on any atom is 0.259 e. The zero-order valence-corrected chi connectivity index (χ0v) is 17.4. The third kappa shape index (κ3) is 5.35. The van der Waals surface area contributed by atoms with Gasteiger partial charge in [-0.05, 0) is 68.5 Å². The van der Waals surface area contributed by atoms with Gasteiger partial charge in [0.25, 0.3) is 5.91 Å². The van der Waals surface area contributed by atoms with Crippen LogP contribution in [0.5, 0.6) is 5.75 Å². The lowest BCUT2D eigenvalue weighted by Gasteiger charge is -2.32. The normalized spacial score (nSPS) is 15.8. The molecule has 2 heterocycles. The molecule has 1 fully saturated rings. The van der Waals surface area contributed by atoms with E-state index in [0.29, 0.717) is 17.4 Å². The summed E-state index contributed by atoms with van der Waals surface area (Å²) in [5, 5.41) is 7.56. The Morgan fingerprint density at radius 1 is 1.25 bits per heavy atom. The van der Waals surface area contributed by atoms with E-state index in [4.69, 9.17) is 4.74 Å². The van der Waals surface area contributed by atoms with Crippen molar-refractivity contribution in [2.75, 3.05) is 32.1 Å². The van der Waals surface area contributed by atoms with E-state index in [1.165, 1.54) is 19.4 Å². The molecule has 1 saturated heterocycles. The highest BCUT2D eigenvalue weighted by atomic mass is 16.5. The Morgan fingerprint density at radius 2 is 1.93 bits per heavy atom. The van der Waals surface area contributed by atoms with Gasteiger partial charge in [0, 0.05) is 25.5 Å².